The number of nitrogens with zero attached hydrogens (tertiary/aromatic N) is 2. The van der Waals surface area contributed by atoms with Gasteiger partial charge in [-0.1, -0.05) is 56.5 Å². The largest absolute Gasteiger partial charge is 0.439 e. The topological polar surface area (TPSA) is 76.4 Å². The van der Waals surface area contributed by atoms with Crippen molar-refractivity contribution >= 4 is 29.9 Å². The highest BCUT2D eigenvalue weighted by atomic mass is 127. The van der Waals surface area contributed by atoms with Gasteiger partial charge in [-0.05, 0) is 6.42 Å². The summed E-state index contributed by atoms with van der Waals surface area (Å²) in [4.78, 5) is 8.47. The maximum Gasteiger partial charge on any atom is 0.216 e. The first-order valence-corrected chi connectivity index (χ1v) is 7.83. The van der Waals surface area contributed by atoms with Crippen molar-refractivity contribution < 1.29 is 4.42 Å². The summed E-state index contributed by atoms with van der Waals surface area (Å²) in [7, 11) is 0. The fourth-order valence-corrected chi connectivity index (χ4v) is 2.10. The van der Waals surface area contributed by atoms with Gasteiger partial charge in [0.1, 0.15) is 6.54 Å². The summed E-state index contributed by atoms with van der Waals surface area (Å²) in [5.41, 5.74) is 6.83. The van der Waals surface area contributed by atoms with Gasteiger partial charge in [0.15, 0.2) is 11.7 Å². The van der Waals surface area contributed by atoms with Gasteiger partial charge >= 0.3 is 0 Å². The van der Waals surface area contributed by atoms with E-state index in [4.69, 9.17) is 10.2 Å². The number of oxazole rings is 1. The van der Waals surface area contributed by atoms with E-state index >= 15 is 0 Å². The van der Waals surface area contributed by atoms with Crippen molar-refractivity contribution in [2.24, 2.45) is 10.7 Å². The molecule has 0 spiro atoms. The van der Waals surface area contributed by atoms with E-state index in [0.29, 0.717) is 18.4 Å². The van der Waals surface area contributed by atoms with Crippen LogP contribution in [0, 0.1) is 0 Å². The number of unbranched alkanes of at least 4 members (excludes halogenated alkanes) is 3. The number of aromatic nitrogens is 1. The van der Waals surface area contributed by atoms with Gasteiger partial charge in [0.2, 0.25) is 5.89 Å². The third kappa shape index (κ3) is 7.02. The summed E-state index contributed by atoms with van der Waals surface area (Å²) in [5.74, 6) is 1.75. The molecule has 1 aromatic heterocycles. The number of hydrogen-bond acceptors (Lipinski definition) is 3. The Morgan fingerprint density at radius 3 is 2.74 bits per heavy atom. The lowest BCUT2D eigenvalue weighted by Crippen LogP contribution is -2.32. The Morgan fingerprint density at radius 2 is 2.00 bits per heavy atom. The first kappa shape index (κ1) is 19.5. The van der Waals surface area contributed by atoms with Crippen LogP contribution in [0.15, 0.2) is 45.9 Å². The SMILES string of the molecule is CCCCCCNC(N)=NCc1ncc(-c2ccccc2)o1.I. The van der Waals surface area contributed by atoms with Crippen molar-refractivity contribution in [2.75, 3.05) is 6.54 Å². The lowest BCUT2D eigenvalue weighted by atomic mass is 10.2. The highest BCUT2D eigenvalue weighted by molar-refractivity contribution is 14.0. The maximum absolute atomic E-state index is 5.82. The second-order valence-electron chi connectivity index (χ2n) is 5.17. The van der Waals surface area contributed by atoms with E-state index in [9.17, 15) is 0 Å². The highest BCUT2D eigenvalue weighted by Crippen LogP contribution is 2.19. The molecule has 3 N–H and O–H groups in total. The smallest absolute Gasteiger partial charge is 0.216 e. The molecule has 2 aromatic rings. The lowest BCUT2D eigenvalue weighted by Gasteiger charge is -2.04. The second kappa shape index (κ2) is 11.0. The fourth-order valence-electron chi connectivity index (χ4n) is 2.10. The third-order valence-corrected chi connectivity index (χ3v) is 3.33. The normalized spacial score (nSPS) is 11.1. The predicted octanol–water partition coefficient (Wildman–Crippen LogP) is 3.94. The quantitative estimate of drug-likeness (QED) is 0.289. The summed E-state index contributed by atoms with van der Waals surface area (Å²) in [5, 5.41) is 3.11. The van der Waals surface area contributed by atoms with Gasteiger partial charge in [0, 0.05) is 12.1 Å². The minimum absolute atomic E-state index is 0. The number of aliphatic imine (C=N–C) groups is 1. The van der Waals surface area contributed by atoms with Gasteiger partial charge in [0.25, 0.3) is 0 Å². The number of nitrogens with two attached hydrogens (primary N) is 1. The summed E-state index contributed by atoms with van der Waals surface area (Å²) in [6, 6.07) is 9.88. The summed E-state index contributed by atoms with van der Waals surface area (Å²) < 4.78 is 5.68. The van der Waals surface area contributed by atoms with E-state index in [1.807, 2.05) is 30.3 Å². The first-order valence-electron chi connectivity index (χ1n) is 7.83. The molecule has 23 heavy (non-hydrogen) atoms. The summed E-state index contributed by atoms with van der Waals surface area (Å²) >= 11 is 0. The van der Waals surface area contributed by atoms with Gasteiger partial charge in [-0.3, -0.25) is 0 Å². The van der Waals surface area contributed by atoms with Crippen LogP contribution in [0.1, 0.15) is 38.5 Å². The zero-order chi connectivity index (χ0) is 15.6. The standard InChI is InChI=1S/C17H24N4O.HI/c1-2-3-4-8-11-19-17(18)21-13-16-20-12-15(22-16)14-9-6-5-7-10-14;/h5-7,9-10,12H,2-4,8,11,13H2,1H3,(H3,18,19,21);1H. The molecule has 0 atom stereocenters. The van der Waals surface area contributed by atoms with Crippen LogP contribution >= 0.6 is 24.0 Å². The Bertz CT molecular complexity index is 583. The van der Waals surface area contributed by atoms with E-state index in [-0.39, 0.29) is 24.0 Å². The molecule has 1 aromatic carbocycles. The molecule has 0 bridgehead atoms. The molecular weight excluding hydrogens is 403 g/mol. The van der Waals surface area contributed by atoms with Gasteiger partial charge in [0.05, 0.1) is 6.20 Å². The van der Waals surface area contributed by atoms with Crippen molar-refractivity contribution in [1.29, 1.82) is 0 Å². The van der Waals surface area contributed by atoms with Crippen LogP contribution < -0.4 is 11.1 Å². The zero-order valence-electron chi connectivity index (χ0n) is 13.5. The van der Waals surface area contributed by atoms with Crippen molar-refractivity contribution in [3.8, 4) is 11.3 Å². The van der Waals surface area contributed by atoms with Crippen molar-refractivity contribution in [3.05, 3.63) is 42.4 Å². The fraction of sp³-hybridized carbons (Fsp3) is 0.412. The average Bonchev–Trinajstić information content (AvgIpc) is 3.02. The van der Waals surface area contributed by atoms with Crippen LogP contribution in [-0.2, 0) is 6.54 Å². The summed E-state index contributed by atoms with van der Waals surface area (Å²) in [6.07, 6.45) is 6.54. The Kier molecular flexibility index (Phi) is 9.35. The number of guanidine groups is 1. The molecule has 0 saturated carbocycles. The molecule has 0 radical (unpaired) electrons. The molecule has 126 valence electrons. The van der Waals surface area contributed by atoms with Crippen LogP contribution in [-0.4, -0.2) is 17.5 Å². The molecule has 6 heteroatoms. The molecule has 5 nitrogen and oxygen atoms in total. The minimum Gasteiger partial charge on any atom is -0.439 e. The molecule has 1 heterocycles. The Labute approximate surface area is 154 Å². The highest BCUT2D eigenvalue weighted by Gasteiger charge is 2.05. The molecular formula is C17H25IN4O. The predicted molar refractivity (Wildman–Crippen MR) is 105 cm³/mol. The number of benzene rings is 1. The number of hydrogen-bond donors (Lipinski definition) is 2. The van der Waals surface area contributed by atoms with Crippen LogP contribution in [0.3, 0.4) is 0 Å². The monoisotopic (exact) mass is 428 g/mol. The molecule has 0 aliphatic rings. The van der Waals surface area contributed by atoms with E-state index in [1.165, 1.54) is 19.3 Å². The lowest BCUT2D eigenvalue weighted by molar-refractivity contribution is 0.509. The van der Waals surface area contributed by atoms with Gasteiger partial charge in [-0.2, -0.15) is 0 Å². The van der Waals surface area contributed by atoms with Gasteiger partial charge in [-0.15, -0.1) is 24.0 Å². The molecule has 0 aliphatic heterocycles. The average molecular weight is 428 g/mol. The second-order valence-corrected chi connectivity index (χ2v) is 5.17. The minimum atomic E-state index is 0. The molecule has 0 fully saturated rings. The maximum atomic E-state index is 5.82. The van der Waals surface area contributed by atoms with Crippen molar-refractivity contribution in [1.82, 2.24) is 10.3 Å². The zero-order valence-corrected chi connectivity index (χ0v) is 15.8. The molecule has 0 amide bonds. The Hall–Kier alpha value is -1.57. The van der Waals surface area contributed by atoms with Crippen LogP contribution in [0.25, 0.3) is 11.3 Å². The van der Waals surface area contributed by atoms with Crippen LogP contribution in [0.5, 0.6) is 0 Å². The van der Waals surface area contributed by atoms with Crippen molar-refractivity contribution in [2.45, 2.75) is 39.2 Å². The van der Waals surface area contributed by atoms with Crippen molar-refractivity contribution in [3.63, 3.8) is 0 Å². The van der Waals surface area contributed by atoms with Crippen LogP contribution in [0.4, 0.5) is 0 Å². The molecule has 2 rings (SSSR count). The molecule has 0 saturated heterocycles. The number of rotatable bonds is 8. The summed E-state index contributed by atoms with van der Waals surface area (Å²) in [6.45, 7) is 3.40. The Morgan fingerprint density at radius 1 is 1.22 bits per heavy atom. The first-order chi connectivity index (χ1) is 10.8. The number of nitrogens with one attached hydrogen (secondary N) is 1. The molecule has 0 aliphatic carbocycles. The van der Waals surface area contributed by atoms with E-state index in [2.05, 4.69) is 22.2 Å². The van der Waals surface area contributed by atoms with E-state index in [0.717, 1.165) is 24.3 Å². The third-order valence-electron chi connectivity index (χ3n) is 3.33. The van der Waals surface area contributed by atoms with Crippen LogP contribution in [0.2, 0.25) is 0 Å². The molecule has 0 unspecified atom stereocenters. The number of halogens is 1. The van der Waals surface area contributed by atoms with Gasteiger partial charge < -0.3 is 15.5 Å². The Balaban J connectivity index is 0.00000264. The van der Waals surface area contributed by atoms with E-state index < -0.39 is 0 Å². The van der Waals surface area contributed by atoms with Gasteiger partial charge in [-0.25, -0.2) is 9.98 Å². The van der Waals surface area contributed by atoms with E-state index in [1.54, 1.807) is 6.20 Å².